The average molecular weight is 477 g/mol. The molecule has 1 N–H and O–H groups in total. The Morgan fingerprint density at radius 1 is 1.32 bits per heavy atom. The third-order valence-electron chi connectivity index (χ3n) is 4.22. The summed E-state index contributed by atoms with van der Waals surface area (Å²) in [7, 11) is 3.27. The van der Waals surface area contributed by atoms with Gasteiger partial charge in [-0.1, -0.05) is 17.7 Å². The highest BCUT2D eigenvalue weighted by atomic mass is 127. The molecule has 0 amide bonds. The Hall–Kier alpha value is -0.960. The monoisotopic (exact) mass is 477 g/mol. The van der Waals surface area contributed by atoms with Crippen molar-refractivity contribution in [2.75, 3.05) is 39.5 Å². The highest BCUT2D eigenvalue weighted by Gasteiger charge is 2.26. The lowest BCUT2D eigenvalue weighted by Crippen LogP contribution is -2.47. The molecule has 0 atom stereocenters. The minimum absolute atomic E-state index is 0. The van der Waals surface area contributed by atoms with Crippen LogP contribution in [0.15, 0.2) is 34.2 Å². The van der Waals surface area contributed by atoms with Crippen molar-refractivity contribution in [1.82, 2.24) is 10.2 Å². The number of likely N-dealkylation sites (tertiary alicyclic amines) is 1. The average Bonchev–Trinajstić information content (AvgIpc) is 2.63. The van der Waals surface area contributed by atoms with Crippen LogP contribution >= 0.6 is 35.7 Å². The number of ether oxygens (including phenoxy) is 1. The van der Waals surface area contributed by atoms with Crippen LogP contribution in [0.4, 0.5) is 0 Å². The number of hydrogen-bond donors (Lipinski definition) is 1. The molecule has 1 aromatic rings. The minimum atomic E-state index is -0.0907. The fourth-order valence-electron chi connectivity index (χ4n) is 2.79. The summed E-state index contributed by atoms with van der Waals surface area (Å²) in [5.41, 5.74) is 1.29. The Kier molecular flexibility index (Phi) is 10.3. The Labute approximate surface area is 172 Å². The van der Waals surface area contributed by atoms with Gasteiger partial charge in [0, 0.05) is 37.3 Å². The van der Waals surface area contributed by atoms with Gasteiger partial charge in [0.2, 0.25) is 0 Å². The zero-order valence-electron chi connectivity index (χ0n) is 15.2. The van der Waals surface area contributed by atoms with E-state index in [1.165, 1.54) is 17.6 Å². The summed E-state index contributed by atoms with van der Waals surface area (Å²) < 4.78 is 4.83. The molecule has 5 nitrogen and oxygen atoms in total. The summed E-state index contributed by atoms with van der Waals surface area (Å²) in [6.45, 7) is 4.64. The third kappa shape index (κ3) is 7.05. The van der Waals surface area contributed by atoms with Crippen LogP contribution in [0.3, 0.4) is 0 Å². The van der Waals surface area contributed by atoms with Gasteiger partial charge >= 0.3 is 5.97 Å². The van der Waals surface area contributed by atoms with E-state index >= 15 is 0 Å². The molecule has 7 heteroatoms. The van der Waals surface area contributed by atoms with E-state index in [9.17, 15) is 4.79 Å². The molecule has 1 heterocycles. The van der Waals surface area contributed by atoms with Crippen LogP contribution in [0.25, 0.3) is 0 Å². The number of rotatable bonds is 5. The molecule has 1 aliphatic heterocycles. The van der Waals surface area contributed by atoms with Gasteiger partial charge in [-0.15, -0.1) is 35.7 Å². The Morgan fingerprint density at radius 3 is 2.52 bits per heavy atom. The van der Waals surface area contributed by atoms with Crippen LogP contribution in [0.2, 0.25) is 0 Å². The first-order chi connectivity index (χ1) is 11.6. The Balaban J connectivity index is 0.00000312. The normalized spacial score (nSPS) is 15.5. The zero-order valence-corrected chi connectivity index (χ0v) is 18.3. The summed E-state index contributed by atoms with van der Waals surface area (Å²) in [5, 5.41) is 3.42. The Morgan fingerprint density at radius 2 is 1.96 bits per heavy atom. The van der Waals surface area contributed by atoms with E-state index in [0.29, 0.717) is 0 Å². The molecule has 0 aliphatic carbocycles. The van der Waals surface area contributed by atoms with Crippen LogP contribution in [-0.2, 0) is 9.53 Å². The van der Waals surface area contributed by atoms with Crippen molar-refractivity contribution < 1.29 is 9.53 Å². The third-order valence-corrected chi connectivity index (χ3v) is 5.23. The maximum atomic E-state index is 11.6. The maximum absolute atomic E-state index is 11.6. The van der Waals surface area contributed by atoms with Crippen molar-refractivity contribution in [1.29, 1.82) is 0 Å². The van der Waals surface area contributed by atoms with Gasteiger partial charge < -0.3 is 15.0 Å². The number of benzene rings is 1. The second kappa shape index (κ2) is 11.6. The fraction of sp³-hybridized carbons (Fsp3) is 0.556. The Bertz CT molecular complexity index is 558. The highest BCUT2D eigenvalue weighted by molar-refractivity contribution is 14.0. The van der Waals surface area contributed by atoms with E-state index in [2.05, 4.69) is 46.4 Å². The number of carbonyl (C=O) groups is 1. The molecular weight excluding hydrogens is 449 g/mol. The molecule has 1 aromatic carbocycles. The molecule has 0 aromatic heterocycles. The second-order valence-electron chi connectivity index (χ2n) is 5.92. The van der Waals surface area contributed by atoms with Gasteiger partial charge in [-0.3, -0.25) is 9.79 Å². The first kappa shape index (κ1) is 22.1. The van der Waals surface area contributed by atoms with Gasteiger partial charge in [0.25, 0.3) is 0 Å². The van der Waals surface area contributed by atoms with Crippen molar-refractivity contribution in [2.24, 2.45) is 10.9 Å². The molecule has 2 rings (SSSR count). The van der Waals surface area contributed by atoms with E-state index in [-0.39, 0.29) is 35.9 Å². The fourth-order valence-corrected chi connectivity index (χ4v) is 3.56. The van der Waals surface area contributed by atoms with Gasteiger partial charge in [-0.25, -0.2) is 0 Å². The molecule has 1 aliphatic rings. The first-order valence-electron chi connectivity index (χ1n) is 8.37. The standard InChI is InChI=1S/C18H27N3O2S.HI/c1-14-4-6-16(7-5-14)24-13-10-20-18(19-2)21-11-8-15(9-12-21)17(22)23-3;/h4-7,15H,8-13H2,1-3H3,(H,19,20);1H. The number of nitrogens with one attached hydrogen (secondary N) is 1. The lowest BCUT2D eigenvalue weighted by Gasteiger charge is -2.33. The molecule has 0 spiro atoms. The molecule has 0 unspecified atom stereocenters. The van der Waals surface area contributed by atoms with E-state index in [4.69, 9.17) is 4.74 Å². The van der Waals surface area contributed by atoms with Crippen molar-refractivity contribution >= 4 is 47.7 Å². The molecule has 0 bridgehead atoms. The smallest absolute Gasteiger partial charge is 0.308 e. The molecule has 140 valence electrons. The topological polar surface area (TPSA) is 53.9 Å². The maximum Gasteiger partial charge on any atom is 0.308 e. The number of nitrogens with zero attached hydrogens (tertiary/aromatic N) is 2. The predicted molar refractivity (Wildman–Crippen MR) is 115 cm³/mol. The molecule has 25 heavy (non-hydrogen) atoms. The van der Waals surface area contributed by atoms with Gasteiger partial charge in [-0.05, 0) is 31.9 Å². The SMILES string of the molecule is CN=C(NCCSc1ccc(C)cc1)N1CCC(C(=O)OC)CC1.I. The summed E-state index contributed by atoms with van der Waals surface area (Å²) >= 11 is 1.84. The first-order valence-corrected chi connectivity index (χ1v) is 9.35. The molecule has 1 saturated heterocycles. The van der Waals surface area contributed by atoms with Gasteiger partial charge in [-0.2, -0.15) is 0 Å². The number of halogens is 1. The van der Waals surface area contributed by atoms with Crippen molar-refractivity contribution in [3.05, 3.63) is 29.8 Å². The van der Waals surface area contributed by atoms with Crippen molar-refractivity contribution in [3.8, 4) is 0 Å². The second-order valence-corrected chi connectivity index (χ2v) is 7.09. The van der Waals surface area contributed by atoms with E-state index in [1.54, 1.807) is 0 Å². The van der Waals surface area contributed by atoms with Crippen LogP contribution in [0.1, 0.15) is 18.4 Å². The van der Waals surface area contributed by atoms with Gasteiger partial charge in [0.1, 0.15) is 0 Å². The molecular formula is C18H28IN3O2S. The lowest BCUT2D eigenvalue weighted by molar-refractivity contribution is -0.146. The molecule has 0 saturated carbocycles. The number of aliphatic imine (C=N–C) groups is 1. The highest BCUT2D eigenvalue weighted by Crippen LogP contribution is 2.19. The van der Waals surface area contributed by atoms with Gasteiger partial charge in [0.15, 0.2) is 5.96 Å². The summed E-state index contributed by atoms with van der Waals surface area (Å²) in [5.74, 6) is 1.84. The predicted octanol–water partition coefficient (Wildman–Crippen LogP) is 3.17. The van der Waals surface area contributed by atoms with Crippen LogP contribution < -0.4 is 5.32 Å². The van der Waals surface area contributed by atoms with Crippen LogP contribution in [0.5, 0.6) is 0 Å². The zero-order chi connectivity index (χ0) is 17.4. The van der Waals surface area contributed by atoms with Crippen LogP contribution in [0, 0.1) is 12.8 Å². The number of hydrogen-bond acceptors (Lipinski definition) is 4. The minimum Gasteiger partial charge on any atom is -0.469 e. The quantitative estimate of drug-likeness (QED) is 0.176. The van der Waals surface area contributed by atoms with E-state index < -0.39 is 0 Å². The number of piperidine rings is 1. The van der Waals surface area contributed by atoms with E-state index in [0.717, 1.165) is 44.2 Å². The largest absolute Gasteiger partial charge is 0.469 e. The summed E-state index contributed by atoms with van der Waals surface area (Å²) in [6.07, 6.45) is 1.65. The number of carbonyl (C=O) groups excluding carboxylic acids is 1. The number of thioether (sulfide) groups is 1. The number of esters is 1. The molecule has 0 radical (unpaired) electrons. The number of aryl methyl sites for hydroxylation is 1. The summed E-state index contributed by atoms with van der Waals surface area (Å²) in [4.78, 5) is 19.5. The van der Waals surface area contributed by atoms with E-state index in [1.807, 2.05) is 18.8 Å². The number of methoxy groups -OCH3 is 1. The van der Waals surface area contributed by atoms with Gasteiger partial charge in [0.05, 0.1) is 13.0 Å². The number of guanidine groups is 1. The summed E-state index contributed by atoms with van der Waals surface area (Å²) in [6, 6.07) is 8.60. The van der Waals surface area contributed by atoms with Crippen molar-refractivity contribution in [2.45, 2.75) is 24.7 Å². The molecule has 1 fully saturated rings. The van der Waals surface area contributed by atoms with Crippen molar-refractivity contribution in [3.63, 3.8) is 0 Å². The van der Waals surface area contributed by atoms with Crippen LogP contribution in [-0.4, -0.2) is 56.4 Å². The lowest BCUT2D eigenvalue weighted by atomic mass is 9.97.